The van der Waals surface area contributed by atoms with Gasteiger partial charge in [-0.1, -0.05) is 30.3 Å². The van der Waals surface area contributed by atoms with Crippen LogP contribution in [-0.4, -0.2) is 36.8 Å². The summed E-state index contributed by atoms with van der Waals surface area (Å²) in [5.74, 6) is -1.34. The Morgan fingerprint density at radius 3 is 2.22 bits per heavy atom. The highest BCUT2D eigenvalue weighted by Crippen LogP contribution is 2.25. The Kier molecular flexibility index (Phi) is 10.2. The monoisotopic (exact) mass is 512 g/mol. The second-order valence-electron chi connectivity index (χ2n) is 9.01. The van der Waals surface area contributed by atoms with E-state index in [9.17, 15) is 19.2 Å². The van der Waals surface area contributed by atoms with E-state index in [-0.39, 0.29) is 18.9 Å². The van der Waals surface area contributed by atoms with E-state index < -0.39 is 29.7 Å². The fraction of sp³-hybridized carbons (Fsp3) is 0.333. The molecule has 0 saturated heterocycles. The quantitative estimate of drug-likeness (QED) is 0.292. The Balaban J connectivity index is 2.35. The van der Waals surface area contributed by atoms with Crippen LogP contribution in [0.2, 0.25) is 0 Å². The van der Waals surface area contributed by atoms with Crippen LogP contribution < -0.4 is 10.6 Å². The summed E-state index contributed by atoms with van der Waals surface area (Å²) in [5.41, 5.74) is 1.82. The fourth-order valence-corrected chi connectivity index (χ4v) is 3.04. The van der Waals surface area contributed by atoms with E-state index in [2.05, 4.69) is 10.6 Å². The van der Waals surface area contributed by atoms with E-state index in [4.69, 9.17) is 18.9 Å². The number of hydrogen-bond acceptors (Lipinski definition) is 8. The van der Waals surface area contributed by atoms with Crippen molar-refractivity contribution in [2.45, 2.75) is 53.4 Å². The largest absolute Gasteiger partial charge is 0.464 e. The van der Waals surface area contributed by atoms with Crippen LogP contribution in [0.4, 0.5) is 15.3 Å². The van der Waals surface area contributed by atoms with Gasteiger partial charge in [-0.25, -0.2) is 14.4 Å². The first-order chi connectivity index (χ1) is 17.4. The van der Waals surface area contributed by atoms with Crippen molar-refractivity contribution in [2.24, 2.45) is 0 Å². The SMILES string of the molecule is COC(=O)C(=Cc1cc(C)c(NC(=O)OC(C)(C)C)cc1COC(C)=O)NC(=O)OCc1ccccc1. The average molecular weight is 513 g/mol. The molecule has 0 aliphatic carbocycles. The molecule has 0 spiro atoms. The molecule has 198 valence electrons. The molecule has 0 bridgehead atoms. The van der Waals surface area contributed by atoms with E-state index in [0.29, 0.717) is 22.4 Å². The number of carbonyl (C=O) groups is 4. The Morgan fingerprint density at radius 2 is 1.62 bits per heavy atom. The molecule has 0 radical (unpaired) electrons. The number of carbonyl (C=O) groups excluding carboxylic acids is 4. The molecule has 37 heavy (non-hydrogen) atoms. The van der Waals surface area contributed by atoms with E-state index >= 15 is 0 Å². The molecule has 2 aromatic carbocycles. The number of alkyl carbamates (subject to hydrolysis) is 1. The van der Waals surface area contributed by atoms with Gasteiger partial charge < -0.3 is 18.9 Å². The summed E-state index contributed by atoms with van der Waals surface area (Å²) in [6, 6.07) is 12.3. The van der Waals surface area contributed by atoms with Gasteiger partial charge in [0.2, 0.25) is 0 Å². The summed E-state index contributed by atoms with van der Waals surface area (Å²) in [4.78, 5) is 48.5. The molecule has 0 atom stereocenters. The molecule has 2 aromatic rings. The van der Waals surface area contributed by atoms with Crippen molar-refractivity contribution in [3.05, 3.63) is 70.4 Å². The predicted octanol–water partition coefficient (Wildman–Crippen LogP) is 4.85. The molecule has 10 heteroatoms. The molecule has 0 fully saturated rings. The Morgan fingerprint density at radius 1 is 0.946 bits per heavy atom. The van der Waals surface area contributed by atoms with Gasteiger partial charge in [0.1, 0.15) is 24.5 Å². The lowest BCUT2D eigenvalue weighted by Crippen LogP contribution is -2.28. The maximum Gasteiger partial charge on any atom is 0.412 e. The van der Waals surface area contributed by atoms with E-state index in [1.165, 1.54) is 20.1 Å². The third-order valence-corrected chi connectivity index (χ3v) is 4.71. The second kappa shape index (κ2) is 13.1. The van der Waals surface area contributed by atoms with Gasteiger partial charge in [0.05, 0.1) is 7.11 Å². The zero-order valence-corrected chi connectivity index (χ0v) is 21.8. The first-order valence-corrected chi connectivity index (χ1v) is 11.4. The van der Waals surface area contributed by atoms with Crippen molar-refractivity contribution in [1.82, 2.24) is 5.32 Å². The molecular formula is C27H32N2O8. The molecule has 2 amide bonds. The van der Waals surface area contributed by atoms with Crippen molar-refractivity contribution in [3.8, 4) is 0 Å². The van der Waals surface area contributed by atoms with Gasteiger partial charge in [-0.3, -0.25) is 15.4 Å². The van der Waals surface area contributed by atoms with Crippen LogP contribution in [0, 0.1) is 6.92 Å². The zero-order chi connectivity index (χ0) is 27.6. The average Bonchev–Trinajstić information content (AvgIpc) is 2.82. The minimum absolute atomic E-state index is 0.00294. The number of hydrogen-bond donors (Lipinski definition) is 2. The Bertz CT molecular complexity index is 1170. The lowest BCUT2D eigenvalue weighted by atomic mass is 10.0. The Labute approximate surface area is 215 Å². The van der Waals surface area contributed by atoms with Gasteiger partial charge in [0, 0.05) is 12.6 Å². The van der Waals surface area contributed by atoms with Crippen molar-refractivity contribution >= 4 is 35.9 Å². The second-order valence-corrected chi connectivity index (χ2v) is 9.01. The third kappa shape index (κ3) is 10.0. The summed E-state index contributed by atoms with van der Waals surface area (Å²) in [7, 11) is 1.17. The van der Waals surface area contributed by atoms with Gasteiger partial charge in [0.15, 0.2) is 0 Å². The summed E-state index contributed by atoms with van der Waals surface area (Å²) in [6.07, 6.45) is -0.143. The summed E-state index contributed by atoms with van der Waals surface area (Å²) < 4.78 is 20.4. The highest BCUT2D eigenvalue weighted by Gasteiger charge is 2.19. The molecule has 0 unspecified atom stereocenters. The number of benzene rings is 2. The highest BCUT2D eigenvalue weighted by atomic mass is 16.6. The van der Waals surface area contributed by atoms with Crippen LogP contribution >= 0.6 is 0 Å². The van der Waals surface area contributed by atoms with Crippen molar-refractivity contribution in [3.63, 3.8) is 0 Å². The van der Waals surface area contributed by atoms with Crippen LogP contribution in [-0.2, 0) is 41.8 Å². The minimum atomic E-state index is -0.859. The molecule has 0 saturated carbocycles. The maximum absolute atomic E-state index is 12.4. The number of rotatable bonds is 8. The number of esters is 2. The molecular weight excluding hydrogens is 480 g/mol. The van der Waals surface area contributed by atoms with Crippen LogP contribution in [0.15, 0.2) is 48.2 Å². The molecule has 0 heterocycles. The predicted molar refractivity (Wildman–Crippen MR) is 136 cm³/mol. The molecule has 2 rings (SSSR count). The number of anilines is 1. The van der Waals surface area contributed by atoms with E-state index in [1.54, 1.807) is 52.0 Å². The first kappa shape index (κ1) is 28.9. The van der Waals surface area contributed by atoms with Crippen LogP contribution in [0.5, 0.6) is 0 Å². The first-order valence-electron chi connectivity index (χ1n) is 11.4. The minimum Gasteiger partial charge on any atom is -0.464 e. The van der Waals surface area contributed by atoms with Gasteiger partial charge >= 0.3 is 24.1 Å². The Hall–Kier alpha value is -4.34. The third-order valence-electron chi connectivity index (χ3n) is 4.71. The number of nitrogens with one attached hydrogen (secondary N) is 2. The standard InChI is InChI=1S/C27H32N2O8/c1-17-12-20(21(16-35-18(2)30)14-22(17)28-26(33)37-27(3,4)5)13-23(24(31)34-6)29-25(32)36-15-19-10-8-7-9-11-19/h7-14H,15-16H2,1-6H3,(H,28,33)(H,29,32). The molecule has 0 aliphatic rings. The van der Waals surface area contributed by atoms with Gasteiger partial charge in [-0.15, -0.1) is 0 Å². The molecule has 2 N–H and O–H groups in total. The smallest absolute Gasteiger partial charge is 0.412 e. The molecule has 10 nitrogen and oxygen atoms in total. The molecule has 0 aromatic heterocycles. The number of amides is 2. The van der Waals surface area contributed by atoms with Crippen molar-refractivity contribution in [2.75, 3.05) is 12.4 Å². The van der Waals surface area contributed by atoms with Gasteiger partial charge in [0.25, 0.3) is 0 Å². The summed E-state index contributed by atoms with van der Waals surface area (Å²) >= 11 is 0. The number of ether oxygens (including phenoxy) is 4. The molecule has 0 aliphatic heterocycles. The van der Waals surface area contributed by atoms with E-state index in [1.807, 2.05) is 18.2 Å². The topological polar surface area (TPSA) is 129 Å². The lowest BCUT2D eigenvalue weighted by molar-refractivity contribution is -0.142. The van der Waals surface area contributed by atoms with Crippen molar-refractivity contribution in [1.29, 1.82) is 0 Å². The van der Waals surface area contributed by atoms with Crippen LogP contribution in [0.25, 0.3) is 6.08 Å². The normalized spacial score (nSPS) is 11.2. The number of aryl methyl sites for hydroxylation is 1. The number of methoxy groups -OCH3 is 1. The van der Waals surface area contributed by atoms with Crippen molar-refractivity contribution < 1.29 is 38.1 Å². The van der Waals surface area contributed by atoms with Gasteiger partial charge in [-0.05, 0) is 68.2 Å². The van der Waals surface area contributed by atoms with E-state index in [0.717, 1.165) is 5.56 Å². The fourth-order valence-electron chi connectivity index (χ4n) is 3.04. The van der Waals surface area contributed by atoms with Gasteiger partial charge in [-0.2, -0.15) is 0 Å². The maximum atomic E-state index is 12.4. The summed E-state index contributed by atoms with van der Waals surface area (Å²) in [5, 5.41) is 5.07. The van der Waals surface area contributed by atoms with Crippen LogP contribution in [0.3, 0.4) is 0 Å². The highest BCUT2D eigenvalue weighted by molar-refractivity contribution is 5.97. The zero-order valence-electron chi connectivity index (χ0n) is 21.8. The lowest BCUT2D eigenvalue weighted by Gasteiger charge is -2.21. The summed E-state index contributed by atoms with van der Waals surface area (Å²) in [6.45, 7) is 8.07. The van der Waals surface area contributed by atoms with Crippen LogP contribution in [0.1, 0.15) is 49.9 Å².